The molecule has 3 heteroatoms. The Morgan fingerprint density at radius 1 is 1.21 bits per heavy atom. The second-order valence-electron chi connectivity index (χ2n) is 4.94. The fraction of sp³-hybridized carbons (Fsp3) is 0.250. The minimum atomic E-state index is 0.367. The second kappa shape index (κ2) is 4.84. The van der Waals surface area contributed by atoms with Gasteiger partial charge in [-0.3, -0.25) is 10.1 Å². The fourth-order valence-corrected chi connectivity index (χ4v) is 2.62. The van der Waals surface area contributed by atoms with Crippen LogP contribution in [0, 0.1) is 13.8 Å². The van der Waals surface area contributed by atoms with Crippen LogP contribution in [0.2, 0.25) is 0 Å². The van der Waals surface area contributed by atoms with Crippen molar-refractivity contribution in [1.29, 1.82) is 0 Å². The summed E-state index contributed by atoms with van der Waals surface area (Å²) >= 11 is 0. The Hall–Kier alpha value is -2.16. The van der Waals surface area contributed by atoms with Crippen molar-refractivity contribution in [2.24, 2.45) is 4.99 Å². The van der Waals surface area contributed by atoms with E-state index >= 15 is 0 Å². The largest absolute Gasteiger partial charge is 0.282 e. The van der Waals surface area contributed by atoms with E-state index in [0.29, 0.717) is 5.92 Å². The minimum absolute atomic E-state index is 0.367. The van der Waals surface area contributed by atoms with Crippen LogP contribution >= 0.6 is 0 Å². The predicted octanol–water partition coefficient (Wildman–Crippen LogP) is 3.77. The number of aromatic nitrogens is 2. The molecular weight excluding hydrogens is 234 g/mol. The molecule has 0 aliphatic carbocycles. The molecule has 19 heavy (non-hydrogen) atoms. The van der Waals surface area contributed by atoms with Crippen LogP contribution in [0.4, 0.5) is 0 Å². The zero-order valence-corrected chi connectivity index (χ0v) is 11.2. The summed E-state index contributed by atoms with van der Waals surface area (Å²) in [4.78, 5) is 4.15. The number of hydrogen-bond acceptors (Lipinski definition) is 2. The van der Waals surface area contributed by atoms with Crippen LogP contribution in [0.1, 0.15) is 29.2 Å². The first kappa shape index (κ1) is 11.9. The zero-order chi connectivity index (χ0) is 13.2. The molecule has 1 aromatic heterocycles. The molecule has 0 radical (unpaired) electrons. The lowest BCUT2D eigenvalue weighted by Crippen LogP contribution is -2.02. The van der Waals surface area contributed by atoms with E-state index in [4.69, 9.17) is 0 Å². The van der Waals surface area contributed by atoms with E-state index < -0.39 is 0 Å². The first-order valence-electron chi connectivity index (χ1n) is 6.56. The number of H-pyrrole nitrogens is 1. The first-order valence-corrected chi connectivity index (χ1v) is 6.56. The van der Waals surface area contributed by atoms with Gasteiger partial charge >= 0.3 is 0 Å². The summed E-state index contributed by atoms with van der Waals surface area (Å²) in [5.74, 6) is 0.367. The molecule has 1 aliphatic rings. The highest BCUT2D eigenvalue weighted by molar-refractivity contribution is 5.71. The monoisotopic (exact) mass is 251 g/mol. The second-order valence-corrected chi connectivity index (χ2v) is 4.94. The minimum Gasteiger partial charge on any atom is -0.282 e. The van der Waals surface area contributed by atoms with E-state index in [-0.39, 0.29) is 0 Å². The summed E-state index contributed by atoms with van der Waals surface area (Å²) < 4.78 is 0. The van der Waals surface area contributed by atoms with Crippen molar-refractivity contribution in [2.75, 3.05) is 0 Å². The van der Waals surface area contributed by atoms with Crippen LogP contribution < -0.4 is 0 Å². The number of rotatable bonds is 2. The maximum atomic E-state index is 4.52. The van der Waals surface area contributed by atoms with E-state index in [2.05, 4.69) is 59.4 Å². The average Bonchev–Trinajstić information content (AvgIpc) is 2.82. The molecule has 0 spiro atoms. The van der Waals surface area contributed by atoms with Gasteiger partial charge in [0.15, 0.2) is 0 Å². The topological polar surface area (TPSA) is 41.0 Å². The number of hydrogen-bond donors (Lipinski definition) is 1. The molecular formula is C16H17N3. The van der Waals surface area contributed by atoms with Crippen LogP contribution in [0.5, 0.6) is 0 Å². The van der Waals surface area contributed by atoms with Crippen LogP contribution in [-0.4, -0.2) is 16.4 Å². The molecule has 0 saturated heterocycles. The SMILES string of the molecule is Cc1ccccc1-c1n[nH]c(C)c1C1C=CN=CC1. The van der Waals surface area contributed by atoms with Crippen molar-refractivity contribution in [3.8, 4) is 11.3 Å². The summed E-state index contributed by atoms with van der Waals surface area (Å²) in [5, 5.41) is 7.65. The van der Waals surface area contributed by atoms with Gasteiger partial charge in [-0.2, -0.15) is 5.10 Å². The molecule has 1 unspecified atom stereocenters. The quantitative estimate of drug-likeness (QED) is 0.867. The Morgan fingerprint density at radius 2 is 2.05 bits per heavy atom. The van der Waals surface area contributed by atoms with E-state index in [1.54, 1.807) is 0 Å². The number of nitrogens with zero attached hydrogens (tertiary/aromatic N) is 2. The van der Waals surface area contributed by atoms with Crippen molar-refractivity contribution >= 4 is 6.21 Å². The number of aryl methyl sites for hydroxylation is 2. The maximum Gasteiger partial charge on any atom is 0.0964 e. The van der Waals surface area contributed by atoms with Crippen LogP contribution in [0.3, 0.4) is 0 Å². The Labute approximate surface area is 113 Å². The Kier molecular flexibility index (Phi) is 3.03. The van der Waals surface area contributed by atoms with Crippen molar-refractivity contribution in [1.82, 2.24) is 10.2 Å². The lowest BCUT2D eigenvalue weighted by atomic mass is 9.90. The zero-order valence-electron chi connectivity index (χ0n) is 11.2. The summed E-state index contributed by atoms with van der Waals surface area (Å²) in [6.07, 6.45) is 6.94. The number of allylic oxidation sites excluding steroid dienone is 1. The van der Waals surface area contributed by atoms with Gasteiger partial charge in [0, 0.05) is 35.2 Å². The third-order valence-electron chi connectivity index (χ3n) is 3.63. The predicted molar refractivity (Wildman–Crippen MR) is 78.5 cm³/mol. The third-order valence-corrected chi connectivity index (χ3v) is 3.63. The van der Waals surface area contributed by atoms with Gasteiger partial charge in [-0.1, -0.05) is 30.3 Å². The van der Waals surface area contributed by atoms with Crippen molar-refractivity contribution in [3.05, 3.63) is 53.4 Å². The molecule has 3 rings (SSSR count). The highest BCUT2D eigenvalue weighted by Gasteiger charge is 2.20. The molecule has 1 aliphatic heterocycles. The molecule has 0 fully saturated rings. The Bertz CT molecular complexity index is 650. The first-order chi connectivity index (χ1) is 9.27. The van der Waals surface area contributed by atoms with Gasteiger partial charge in [0.2, 0.25) is 0 Å². The highest BCUT2D eigenvalue weighted by atomic mass is 15.1. The average molecular weight is 251 g/mol. The molecule has 3 nitrogen and oxygen atoms in total. The van der Waals surface area contributed by atoms with Gasteiger partial charge in [0.05, 0.1) is 5.69 Å². The smallest absolute Gasteiger partial charge is 0.0964 e. The molecule has 0 amide bonds. The fourth-order valence-electron chi connectivity index (χ4n) is 2.62. The summed E-state index contributed by atoms with van der Waals surface area (Å²) in [5.41, 5.74) is 5.96. The molecule has 0 bridgehead atoms. The molecule has 2 heterocycles. The standard InChI is InChI=1S/C16H17N3/c1-11-5-3-4-6-14(11)16-15(12(2)18-19-16)13-7-9-17-10-8-13/h3-7,9-10,13H,8H2,1-2H3,(H,18,19). The molecule has 1 atom stereocenters. The third kappa shape index (κ3) is 2.12. The van der Waals surface area contributed by atoms with Gasteiger partial charge in [0.25, 0.3) is 0 Å². The lowest BCUT2D eigenvalue weighted by molar-refractivity contribution is 0.879. The van der Waals surface area contributed by atoms with Gasteiger partial charge < -0.3 is 0 Å². The number of aliphatic imine (C=N–C) groups is 1. The molecule has 1 aromatic carbocycles. The molecule has 1 N–H and O–H groups in total. The van der Waals surface area contributed by atoms with E-state index in [1.807, 2.05) is 12.4 Å². The molecule has 2 aromatic rings. The van der Waals surface area contributed by atoms with Gasteiger partial charge in [0.1, 0.15) is 0 Å². The van der Waals surface area contributed by atoms with Gasteiger partial charge in [-0.05, 0) is 25.8 Å². The van der Waals surface area contributed by atoms with Crippen molar-refractivity contribution < 1.29 is 0 Å². The van der Waals surface area contributed by atoms with Crippen LogP contribution in [-0.2, 0) is 0 Å². The van der Waals surface area contributed by atoms with E-state index in [1.165, 1.54) is 16.7 Å². The number of nitrogens with one attached hydrogen (secondary N) is 1. The highest BCUT2D eigenvalue weighted by Crippen LogP contribution is 2.34. The summed E-state index contributed by atoms with van der Waals surface area (Å²) in [6.45, 7) is 4.21. The van der Waals surface area contributed by atoms with Crippen LogP contribution in [0.15, 0.2) is 41.5 Å². The number of benzene rings is 1. The normalized spacial score (nSPS) is 17.9. The Morgan fingerprint density at radius 3 is 2.79 bits per heavy atom. The van der Waals surface area contributed by atoms with Crippen LogP contribution in [0.25, 0.3) is 11.3 Å². The Balaban J connectivity index is 2.11. The van der Waals surface area contributed by atoms with E-state index in [0.717, 1.165) is 17.8 Å². The molecule has 96 valence electrons. The lowest BCUT2D eigenvalue weighted by Gasteiger charge is -2.15. The summed E-state index contributed by atoms with van der Waals surface area (Å²) in [7, 11) is 0. The maximum absolute atomic E-state index is 4.52. The van der Waals surface area contributed by atoms with Gasteiger partial charge in [-0.15, -0.1) is 0 Å². The van der Waals surface area contributed by atoms with Crippen molar-refractivity contribution in [2.45, 2.75) is 26.2 Å². The van der Waals surface area contributed by atoms with E-state index in [9.17, 15) is 0 Å². The van der Waals surface area contributed by atoms with Gasteiger partial charge in [-0.25, -0.2) is 0 Å². The van der Waals surface area contributed by atoms with Crippen molar-refractivity contribution in [3.63, 3.8) is 0 Å². The number of aromatic amines is 1. The summed E-state index contributed by atoms with van der Waals surface area (Å²) in [6, 6.07) is 8.38. The molecule has 0 saturated carbocycles.